The number of carbonyl (C=O) groups is 2. The Hall–Kier alpha value is -2.17. The van der Waals surface area contributed by atoms with Gasteiger partial charge in [-0.15, -0.1) is 0 Å². The second kappa shape index (κ2) is 13.2. The molecule has 0 bridgehead atoms. The zero-order valence-electron chi connectivity index (χ0n) is 15.5. The fourth-order valence-electron chi connectivity index (χ4n) is 2.59. The maximum Gasteiger partial charge on any atom is 0.231 e. The molecule has 0 fully saturated rings. The number of hydrogen-bond donors (Lipinski definition) is 2. The molecule has 5 heteroatoms. The molecule has 0 radical (unpaired) electrons. The lowest BCUT2D eigenvalue weighted by molar-refractivity contribution is -0.125. The first-order valence-electron chi connectivity index (χ1n) is 9.27. The monoisotopic (exact) mass is 345 g/mol. The van der Waals surface area contributed by atoms with E-state index in [-0.39, 0.29) is 18.1 Å². The van der Waals surface area contributed by atoms with Crippen molar-refractivity contribution in [2.75, 3.05) is 12.4 Å². The van der Waals surface area contributed by atoms with Crippen molar-refractivity contribution in [2.45, 2.75) is 64.7 Å². The van der Waals surface area contributed by atoms with Crippen molar-refractivity contribution in [1.29, 1.82) is 0 Å². The summed E-state index contributed by atoms with van der Waals surface area (Å²) in [5.74, 6) is -0.241. The summed E-state index contributed by atoms with van der Waals surface area (Å²) < 4.78 is 0. The van der Waals surface area contributed by atoms with Crippen molar-refractivity contribution in [3.05, 3.63) is 29.8 Å². The van der Waals surface area contributed by atoms with E-state index in [0.717, 1.165) is 18.4 Å². The number of unbranched alkanes of at least 4 members (excludes halogenated alkanes) is 6. The van der Waals surface area contributed by atoms with E-state index in [9.17, 15) is 9.59 Å². The number of benzene rings is 1. The predicted molar refractivity (Wildman–Crippen MR) is 104 cm³/mol. The fraction of sp³-hybridized carbons (Fsp3) is 0.550. The number of rotatable bonds is 13. The number of Topliss-reactive ketones (excluding diaryl/α,β-unsaturated/α-hetero) is 1. The van der Waals surface area contributed by atoms with E-state index >= 15 is 0 Å². The summed E-state index contributed by atoms with van der Waals surface area (Å²) >= 11 is 0. The van der Waals surface area contributed by atoms with Gasteiger partial charge in [-0.2, -0.15) is 5.10 Å². The molecule has 1 amide bonds. The highest BCUT2D eigenvalue weighted by Crippen LogP contribution is 2.11. The van der Waals surface area contributed by atoms with Crippen molar-refractivity contribution >= 4 is 23.6 Å². The summed E-state index contributed by atoms with van der Waals surface area (Å²) in [6.45, 7) is 2.20. The number of carbonyl (C=O) groups excluding carboxylic acids is 2. The van der Waals surface area contributed by atoms with Crippen molar-refractivity contribution in [2.24, 2.45) is 5.10 Å². The summed E-state index contributed by atoms with van der Waals surface area (Å²) in [4.78, 5) is 23.9. The number of amides is 1. The Morgan fingerprint density at radius 3 is 2.52 bits per heavy atom. The van der Waals surface area contributed by atoms with E-state index in [2.05, 4.69) is 22.8 Å². The van der Waals surface area contributed by atoms with Gasteiger partial charge in [-0.25, -0.2) is 0 Å². The van der Waals surface area contributed by atoms with Gasteiger partial charge in [0.25, 0.3) is 0 Å². The van der Waals surface area contributed by atoms with Gasteiger partial charge in [0, 0.05) is 19.2 Å². The Morgan fingerprint density at radius 1 is 1.08 bits per heavy atom. The van der Waals surface area contributed by atoms with Crippen molar-refractivity contribution < 1.29 is 9.59 Å². The molecule has 0 aromatic heterocycles. The first kappa shape index (κ1) is 20.9. The Bertz CT molecular complexity index is 556. The molecule has 5 nitrogen and oxygen atoms in total. The van der Waals surface area contributed by atoms with E-state index in [0.29, 0.717) is 12.1 Å². The Morgan fingerprint density at radius 2 is 1.80 bits per heavy atom. The minimum absolute atomic E-state index is 0.0129. The highest BCUT2D eigenvalue weighted by molar-refractivity contribution is 6.04. The molecule has 1 rings (SSSR count). The van der Waals surface area contributed by atoms with Crippen LogP contribution >= 0.6 is 0 Å². The topological polar surface area (TPSA) is 70.6 Å². The summed E-state index contributed by atoms with van der Waals surface area (Å²) in [6.07, 6.45) is 10.3. The third-order valence-electron chi connectivity index (χ3n) is 3.93. The highest BCUT2D eigenvalue weighted by atomic mass is 16.2. The summed E-state index contributed by atoms with van der Waals surface area (Å²) in [5, 5.41) is 6.71. The average molecular weight is 345 g/mol. The minimum atomic E-state index is -0.254. The zero-order chi connectivity index (χ0) is 18.3. The number of nitrogens with zero attached hydrogens (tertiary/aromatic N) is 1. The van der Waals surface area contributed by atoms with Crippen molar-refractivity contribution in [3.8, 4) is 0 Å². The summed E-state index contributed by atoms with van der Waals surface area (Å²) in [6, 6.07) is 7.35. The Kier molecular flexibility index (Phi) is 11.0. The molecule has 1 aromatic rings. The van der Waals surface area contributed by atoms with Crippen LogP contribution in [-0.4, -0.2) is 25.0 Å². The van der Waals surface area contributed by atoms with Gasteiger partial charge in [-0.05, 0) is 24.1 Å². The van der Waals surface area contributed by atoms with Gasteiger partial charge in [0.15, 0.2) is 0 Å². The molecule has 0 saturated carbocycles. The zero-order valence-corrected chi connectivity index (χ0v) is 15.5. The Labute approximate surface area is 151 Å². The molecule has 0 saturated heterocycles. The van der Waals surface area contributed by atoms with Crippen LogP contribution in [0.4, 0.5) is 5.69 Å². The van der Waals surface area contributed by atoms with Crippen LogP contribution in [-0.2, 0) is 9.59 Å². The van der Waals surface area contributed by atoms with E-state index in [1.807, 2.05) is 18.2 Å². The standard InChI is InChI=1S/C20H31N3O2/c1-3-4-5-6-7-8-9-13-19(24)15-20(25)23-18-12-10-11-17(14-18)16-22-21-2/h10-12,14,16,21H,3-9,13,15H2,1-2H3,(H,23,25)/b22-16-. The van der Waals surface area contributed by atoms with Gasteiger partial charge in [-0.1, -0.05) is 57.6 Å². The van der Waals surface area contributed by atoms with Crippen LogP contribution in [0.2, 0.25) is 0 Å². The van der Waals surface area contributed by atoms with Gasteiger partial charge in [-0.3, -0.25) is 9.59 Å². The maximum atomic E-state index is 12.0. The van der Waals surface area contributed by atoms with Gasteiger partial charge in [0.1, 0.15) is 5.78 Å². The molecule has 0 aliphatic rings. The molecule has 0 aliphatic carbocycles. The molecular formula is C20H31N3O2. The molecule has 0 heterocycles. The van der Waals surface area contributed by atoms with Crippen molar-refractivity contribution in [1.82, 2.24) is 5.43 Å². The van der Waals surface area contributed by atoms with E-state index in [1.54, 1.807) is 19.3 Å². The number of hydrazone groups is 1. The molecule has 1 aromatic carbocycles. The van der Waals surface area contributed by atoms with Gasteiger partial charge < -0.3 is 10.7 Å². The number of ketones is 1. The molecule has 0 aliphatic heterocycles. The lowest BCUT2D eigenvalue weighted by atomic mass is 10.1. The van der Waals surface area contributed by atoms with Gasteiger partial charge in [0.2, 0.25) is 5.91 Å². The Balaban J connectivity index is 2.25. The van der Waals surface area contributed by atoms with Gasteiger partial charge >= 0.3 is 0 Å². The van der Waals surface area contributed by atoms with E-state index < -0.39 is 0 Å². The lowest BCUT2D eigenvalue weighted by Gasteiger charge is -2.06. The molecular weight excluding hydrogens is 314 g/mol. The quantitative estimate of drug-likeness (QED) is 0.243. The van der Waals surface area contributed by atoms with Crippen LogP contribution in [0.3, 0.4) is 0 Å². The molecule has 0 spiro atoms. The van der Waals surface area contributed by atoms with Gasteiger partial charge in [0.05, 0.1) is 12.6 Å². The maximum absolute atomic E-state index is 12.0. The molecule has 138 valence electrons. The van der Waals surface area contributed by atoms with Crippen LogP contribution in [0.1, 0.15) is 70.3 Å². The normalized spacial score (nSPS) is 10.8. The van der Waals surface area contributed by atoms with Crippen LogP contribution in [0, 0.1) is 0 Å². The van der Waals surface area contributed by atoms with Crippen LogP contribution in [0.25, 0.3) is 0 Å². The SMILES string of the molecule is CCCCCCCCCC(=O)CC(=O)Nc1cccc(/C=N\NC)c1. The summed E-state index contributed by atoms with van der Waals surface area (Å²) in [7, 11) is 1.72. The minimum Gasteiger partial charge on any atom is -0.326 e. The third kappa shape index (κ3) is 10.3. The molecule has 0 unspecified atom stereocenters. The summed E-state index contributed by atoms with van der Waals surface area (Å²) in [5.41, 5.74) is 4.23. The largest absolute Gasteiger partial charge is 0.326 e. The number of anilines is 1. The second-order valence-corrected chi connectivity index (χ2v) is 6.24. The molecule has 2 N–H and O–H groups in total. The first-order chi connectivity index (χ1) is 12.2. The number of nitrogens with one attached hydrogen (secondary N) is 2. The fourth-order valence-corrected chi connectivity index (χ4v) is 2.59. The predicted octanol–water partition coefficient (Wildman–Crippen LogP) is 4.28. The third-order valence-corrected chi connectivity index (χ3v) is 3.93. The van der Waals surface area contributed by atoms with Crippen LogP contribution < -0.4 is 10.7 Å². The smallest absolute Gasteiger partial charge is 0.231 e. The highest BCUT2D eigenvalue weighted by Gasteiger charge is 2.09. The second-order valence-electron chi connectivity index (χ2n) is 6.24. The van der Waals surface area contributed by atoms with E-state index in [4.69, 9.17) is 0 Å². The van der Waals surface area contributed by atoms with Crippen LogP contribution in [0.5, 0.6) is 0 Å². The molecule has 0 atom stereocenters. The van der Waals surface area contributed by atoms with Crippen molar-refractivity contribution in [3.63, 3.8) is 0 Å². The van der Waals surface area contributed by atoms with E-state index in [1.165, 1.54) is 32.1 Å². The average Bonchev–Trinajstić information content (AvgIpc) is 2.59. The van der Waals surface area contributed by atoms with Crippen LogP contribution in [0.15, 0.2) is 29.4 Å². The number of hydrogen-bond acceptors (Lipinski definition) is 4. The first-order valence-corrected chi connectivity index (χ1v) is 9.27. The lowest BCUT2D eigenvalue weighted by Crippen LogP contribution is -2.16. The molecule has 25 heavy (non-hydrogen) atoms.